The van der Waals surface area contributed by atoms with E-state index < -0.39 is 0 Å². The van der Waals surface area contributed by atoms with Gasteiger partial charge in [0, 0.05) is 542 Å². The summed E-state index contributed by atoms with van der Waals surface area (Å²) in [5.74, 6) is 0. The SMILES string of the molecule is [CH3-].[V].[Y].[Y].[Y].[Y].[Y].[Y].[Y].[Y].[Y].[Y].[Y].[Y].[Y].[Y].[Y].[Y]. The van der Waals surface area contributed by atoms with E-state index in [0.717, 1.165) is 0 Å². The van der Waals surface area contributed by atoms with Gasteiger partial charge in [-0.15, -0.1) is 0 Å². The second-order valence-electron chi connectivity index (χ2n) is 0. The van der Waals surface area contributed by atoms with Crippen molar-refractivity contribution in [1.82, 2.24) is 0 Å². The minimum atomic E-state index is 0. The molecular weight excluding hydrogens is 1490 g/mol. The van der Waals surface area contributed by atoms with E-state index in [-0.39, 0.29) is 549 Å². The van der Waals surface area contributed by atoms with Crippen LogP contribution in [0.5, 0.6) is 0 Å². The van der Waals surface area contributed by atoms with Crippen molar-refractivity contribution in [1.29, 1.82) is 0 Å². The summed E-state index contributed by atoms with van der Waals surface area (Å²) in [5, 5.41) is 0. The van der Waals surface area contributed by atoms with Crippen molar-refractivity contribution < 1.29 is 542 Å². The Morgan fingerprint density at radius 3 is 0.167 bits per heavy atom. The van der Waals surface area contributed by atoms with Crippen LogP contribution in [0.1, 0.15) is 0 Å². The van der Waals surface area contributed by atoms with E-state index in [4.69, 9.17) is 0 Å². The third-order valence-electron chi connectivity index (χ3n) is 0. The maximum Gasteiger partial charge on any atom is 0 e. The summed E-state index contributed by atoms with van der Waals surface area (Å²) in [5.41, 5.74) is 0. The first-order valence-electron chi connectivity index (χ1n) is 0. The Labute approximate surface area is 529 Å². The van der Waals surface area contributed by atoms with Crippen molar-refractivity contribution in [2.24, 2.45) is 0 Å². The van der Waals surface area contributed by atoms with Crippen molar-refractivity contribution >= 4 is 0 Å². The molecule has 0 aliphatic carbocycles. The number of hydrogen-bond donors (Lipinski definition) is 0. The molecule has 0 atom stereocenters. The molecule has 0 aromatic rings. The van der Waals surface area contributed by atoms with Crippen molar-refractivity contribution in [2.75, 3.05) is 0 Å². The average molecular weight is 1490 g/mol. The van der Waals surface area contributed by atoms with E-state index >= 15 is 0 Å². The maximum atomic E-state index is 0. The molecule has 0 saturated heterocycles. The van der Waals surface area contributed by atoms with E-state index in [9.17, 15) is 0 Å². The number of rotatable bonds is 0. The first kappa shape index (κ1) is 135. The van der Waals surface area contributed by atoms with Gasteiger partial charge in [0.1, 0.15) is 0 Å². The molecule has 0 saturated carbocycles. The van der Waals surface area contributed by atoms with Crippen molar-refractivity contribution in [2.45, 2.75) is 0 Å². The molecule has 0 aromatic carbocycles. The molecule has 0 unspecified atom stereocenters. The molecule has 0 aromatic heterocycles. The van der Waals surface area contributed by atoms with Crippen molar-refractivity contribution in [3.8, 4) is 0 Å². The molecular formula is CH3VY16-. The Morgan fingerprint density at radius 1 is 0.167 bits per heavy atom. The molecule has 0 nitrogen and oxygen atoms in total. The fourth-order valence-corrected chi connectivity index (χ4v) is 0. The summed E-state index contributed by atoms with van der Waals surface area (Å²) in [6.07, 6.45) is 0. The molecule has 0 spiro atoms. The van der Waals surface area contributed by atoms with Crippen LogP contribution in [-0.2, 0) is 542 Å². The zero-order chi connectivity index (χ0) is 0. The van der Waals surface area contributed by atoms with Gasteiger partial charge in [0.05, 0.1) is 0 Å². The van der Waals surface area contributed by atoms with Gasteiger partial charge in [-0.1, -0.05) is 0 Å². The maximum absolute atomic E-state index is 0. The van der Waals surface area contributed by atoms with E-state index in [0.29, 0.717) is 0 Å². The summed E-state index contributed by atoms with van der Waals surface area (Å²) >= 11 is 0. The van der Waals surface area contributed by atoms with Crippen LogP contribution < -0.4 is 0 Å². The molecule has 18 heavy (non-hydrogen) atoms. The monoisotopic (exact) mass is 1490 g/mol. The van der Waals surface area contributed by atoms with E-state index in [1.54, 1.807) is 0 Å². The van der Waals surface area contributed by atoms with Crippen LogP contribution in [0.15, 0.2) is 0 Å². The molecule has 17 radical (unpaired) electrons. The summed E-state index contributed by atoms with van der Waals surface area (Å²) in [6, 6.07) is 0. The average Bonchev–Trinajstić information content (AvgIpc) is 0. The van der Waals surface area contributed by atoms with Crippen LogP contribution >= 0.6 is 0 Å². The van der Waals surface area contributed by atoms with Crippen molar-refractivity contribution in [3.63, 3.8) is 0 Å². The van der Waals surface area contributed by atoms with Crippen LogP contribution in [0.4, 0.5) is 0 Å². The fraction of sp³-hybridized carbons (Fsp3) is 0. The molecule has 0 N–H and O–H groups in total. The van der Waals surface area contributed by atoms with Crippen LogP contribution in [-0.4, -0.2) is 0 Å². The van der Waals surface area contributed by atoms with E-state index in [1.807, 2.05) is 0 Å². The molecule has 61 valence electrons. The molecule has 0 aliphatic rings. The quantitative estimate of drug-likeness (QED) is 0.309. The molecule has 0 bridgehead atoms. The largest absolute Gasteiger partial charge is 0.358 e. The minimum Gasteiger partial charge on any atom is -0.358 e. The smallest absolute Gasteiger partial charge is 0 e. The number of hydrogen-bond acceptors (Lipinski definition) is 0. The first-order valence-corrected chi connectivity index (χ1v) is 0. The Hall–Kier alpha value is 18.2. The predicted molar refractivity (Wildman–Crippen MR) is 6.41 cm³/mol. The third-order valence-corrected chi connectivity index (χ3v) is 0. The van der Waals surface area contributed by atoms with Gasteiger partial charge in [-0.3, -0.25) is 0 Å². The Kier molecular flexibility index (Phi) is 933. The van der Waals surface area contributed by atoms with Crippen LogP contribution in [0, 0.1) is 7.43 Å². The summed E-state index contributed by atoms with van der Waals surface area (Å²) in [4.78, 5) is 0. The van der Waals surface area contributed by atoms with Gasteiger partial charge in [0.25, 0.3) is 0 Å². The van der Waals surface area contributed by atoms with Crippen molar-refractivity contribution in [3.05, 3.63) is 7.43 Å². The second-order valence-corrected chi connectivity index (χ2v) is 0. The third kappa shape index (κ3) is 114. The molecule has 0 aliphatic heterocycles. The van der Waals surface area contributed by atoms with Gasteiger partial charge < -0.3 is 7.43 Å². The van der Waals surface area contributed by atoms with Crippen LogP contribution in [0.25, 0.3) is 0 Å². The van der Waals surface area contributed by atoms with Gasteiger partial charge in [-0.2, -0.15) is 0 Å². The molecule has 0 amide bonds. The molecule has 0 rings (SSSR count). The Balaban J connectivity index is 0. The minimum absolute atomic E-state index is 0. The van der Waals surface area contributed by atoms with Gasteiger partial charge in [-0.25, -0.2) is 0 Å². The zero-order valence-electron chi connectivity index (χ0n) is 10.7. The Morgan fingerprint density at radius 2 is 0.167 bits per heavy atom. The first-order chi connectivity index (χ1) is 0. The predicted octanol–water partition coefficient (Wildman–Crippen LogP) is 0.408. The van der Waals surface area contributed by atoms with Crippen LogP contribution in [0.2, 0.25) is 0 Å². The fourth-order valence-electron chi connectivity index (χ4n) is 0. The van der Waals surface area contributed by atoms with Gasteiger partial charge in [0.2, 0.25) is 0 Å². The van der Waals surface area contributed by atoms with Gasteiger partial charge in [-0.05, 0) is 0 Å². The van der Waals surface area contributed by atoms with E-state index in [1.165, 1.54) is 0 Å². The molecule has 0 heterocycles. The summed E-state index contributed by atoms with van der Waals surface area (Å²) < 4.78 is 0. The van der Waals surface area contributed by atoms with Gasteiger partial charge in [0.15, 0.2) is 0 Å². The second kappa shape index (κ2) is 124. The summed E-state index contributed by atoms with van der Waals surface area (Å²) in [7, 11) is 0. The van der Waals surface area contributed by atoms with E-state index in [2.05, 4.69) is 0 Å². The zero-order valence-corrected chi connectivity index (χ0v) is 57.5. The standard InChI is InChI=1S/CH3.V.16Y/h1H3;;;;;;;;;;;;;;;;;/q-1;;;;;;;;;;;;;;;;;. The normalized spacial score (nSPS) is 0. The summed E-state index contributed by atoms with van der Waals surface area (Å²) in [6.45, 7) is 0. The molecule has 17 heteroatoms. The van der Waals surface area contributed by atoms with Crippen LogP contribution in [0.3, 0.4) is 0 Å². The van der Waals surface area contributed by atoms with Gasteiger partial charge >= 0.3 is 0 Å². The Bertz CT molecular complexity index is 11.1. The molecule has 0 fully saturated rings. The topological polar surface area (TPSA) is 0 Å².